The van der Waals surface area contributed by atoms with Crippen molar-refractivity contribution in [2.75, 3.05) is 0 Å². The summed E-state index contributed by atoms with van der Waals surface area (Å²) in [5.74, 6) is 0. The van der Waals surface area contributed by atoms with Crippen LogP contribution < -0.4 is 4.57 Å². The lowest BCUT2D eigenvalue weighted by atomic mass is 9.89. The third-order valence-corrected chi connectivity index (χ3v) is 7.82. The number of hydrogen-bond acceptors (Lipinski definition) is 0. The normalized spacial score (nSPS) is 13.5. The van der Waals surface area contributed by atoms with Crippen LogP contribution in [0.3, 0.4) is 0 Å². The van der Waals surface area contributed by atoms with Crippen LogP contribution in [0.4, 0.5) is 13.2 Å². The number of rotatable bonds is 1. The summed E-state index contributed by atoms with van der Waals surface area (Å²) in [5, 5.41) is 0. The van der Waals surface area contributed by atoms with E-state index in [0.29, 0.717) is 29.5 Å². The molecule has 0 fully saturated rings. The third-order valence-electron chi connectivity index (χ3n) is 7.82. The first-order valence-corrected chi connectivity index (χ1v) is 12.0. The molecule has 0 radical (unpaired) electrons. The van der Waals surface area contributed by atoms with Crippen molar-refractivity contribution in [1.29, 1.82) is 0 Å². The number of aromatic nitrogens is 1. The van der Waals surface area contributed by atoms with Crippen molar-refractivity contribution in [3.63, 3.8) is 0 Å². The van der Waals surface area contributed by atoms with Crippen molar-refractivity contribution in [1.82, 2.24) is 0 Å². The molecule has 2 aliphatic carbocycles. The highest BCUT2D eigenvalue weighted by Gasteiger charge is 2.44. The maximum Gasteiger partial charge on any atom is 0.417 e. The smallest absolute Gasteiger partial charge is 0.201 e. The summed E-state index contributed by atoms with van der Waals surface area (Å²) in [4.78, 5) is 0. The van der Waals surface area contributed by atoms with Gasteiger partial charge in [0.25, 0.3) is 0 Å². The Labute approximate surface area is 203 Å². The predicted octanol–water partition coefficient (Wildman–Crippen LogP) is 7.57. The van der Waals surface area contributed by atoms with Gasteiger partial charge in [0.1, 0.15) is 7.05 Å². The van der Waals surface area contributed by atoms with Gasteiger partial charge in [0.2, 0.25) is 5.69 Å². The predicted molar refractivity (Wildman–Crippen MR) is 133 cm³/mol. The van der Waals surface area contributed by atoms with Gasteiger partial charge in [-0.15, -0.1) is 0 Å². The van der Waals surface area contributed by atoms with E-state index in [1.165, 1.54) is 11.1 Å². The summed E-state index contributed by atoms with van der Waals surface area (Å²) in [6.45, 7) is 8.25. The lowest BCUT2D eigenvalue weighted by Gasteiger charge is -2.19. The minimum Gasteiger partial charge on any atom is -0.201 e. The second kappa shape index (κ2) is 7.30. The Kier molecular flexibility index (Phi) is 4.61. The number of halogens is 3. The molecule has 3 aromatic carbocycles. The van der Waals surface area contributed by atoms with E-state index in [2.05, 4.69) is 37.5 Å². The number of benzene rings is 3. The lowest BCUT2D eigenvalue weighted by molar-refractivity contribution is -0.660. The van der Waals surface area contributed by atoms with Crippen LogP contribution in [-0.2, 0) is 26.1 Å². The Morgan fingerprint density at radius 1 is 0.714 bits per heavy atom. The Bertz CT molecular complexity index is 1570. The van der Waals surface area contributed by atoms with Gasteiger partial charge < -0.3 is 0 Å². The van der Waals surface area contributed by atoms with Crippen molar-refractivity contribution in [3.8, 4) is 33.5 Å². The maximum absolute atomic E-state index is 14.8. The van der Waals surface area contributed by atoms with E-state index in [4.69, 9.17) is 0 Å². The molecular weight excluding hydrogens is 443 g/mol. The van der Waals surface area contributed by atoms with Gasteiger partial charge in [0.15, 0.2) is 6.20 Å². The first-order valence-electron chi connectivity index (χ1n) is 12.0. The van der Waals surface area contributed by atoms with Crippen LogP contribution >= 0.6 is 0 Å². The van der Waals surface area contributed by atoms with Gasteiger partial charge in [-0.05, 0) is 90.3 Å². The number of pyridine rings is 1. The fourth-order valence-electron chi connectivity index (χ4n) is 6.24. The second-order valence-corrected chi connectivity index (χ2v) is 10.3. The highest BCUT2D eigenvalue weighted by molar-refractivity contribution is 5.92. The summed E-state index contributed by atoms with van der Waals surface area (Å²) >= 11 is 0. The minimum absolute atomic E-state index is 0.364. The third kappa shape index (κ3) is 3.19. The summed E-state index contributed by atoms with van der Waals surface area (Å²) in [6, 6.07) is 14.0. The van der Waals surface area contributed by atoms with Crippen molar-refractivity contribution < 1.29 is 17.7 Å². The van der Waals surface area contributed by atoms with E-state index in [-0.39, 0.29) is 0 Å². The van der Waals surface area contributed by atoms with Crippen LogP contribution in [0.15, 0.2) is 48.7 Å². The Balaban J connectivity index is 1.67. The number of nitrogens with zero attached hydrogens (tertiary/aromatic N) is 1. The molecule has 0 saturated heterocycles. The summed E-state index contributed by atoms with van der Waals surface area (Å²) < 4.78 is 46.6. The van der Waals surface area contributed by atoms with Gasteiger partial charge in [-0.1, -0.05) is 41.5 Å². The van der Waals surface area contributed by atoms with Crippen molar-refractivity contribution in [2.45, 2.75) is 46.7 Å². The molecule has 1 heterocycles. The van der Waals surface area contributed by atoms with Crippen LogP contribution in [0.1, 0.15) is 50.1 Å². The molecule has 0 aliphatic heterocycles. The molecule has 0 amide bonds. The van der Waals surface area contributed by atoms with Crippen molar-refractivity contribution >= 4 is 0 Å². The number of aryl methyl sites for hydroxylation is 4. The van der Waals surface area contributed by atoms with Gasteiger partial charge in [0, 0.05) is 23.6 Å². The van der Waals surface area contributed by atoms with E-state index in [1.807, 2.05) is 50.5 Å². The van der Waals surface area contributed by atoms with Gasteiger partial charge in [-0.2, -0.15) is 13.2 Å². The maximum atomic E-state index is 14.8. The van der Waals surface area contributed by atoms with Crippen LogP contribution in [0.25, 0.3) is 33.5 Å². The molecule has 1 aromatic heterocycles. The zero-order valence-electron chi connectivity index (χ0n) is 20.6. The highest BCUT2D eigenvalue weighted by atomic mass is 19.4. The number of alkyl halides is 3. The van der Waals surface area contributed by atoms with Crippen LogP contribution in [0, 0.1) is 27.7 Å². The summed E-state index contributed by atoms with van der Waals surface area (Å²) in [7, 11) is 1.99. The molecular formula is C31H27F3N+. The minimum atomic E-state index is -4.45. The van der Waals surface area contributed by atoms with E-state index in [0.717, 1.165) is 50.2 Å². The summed E-state index contributed by atoms with van der Waals surface area (Å²) in [6.07, 6.45) is -1.48. The average molecular weight is 471 g/mol. The zero-order valence-corrected chi connectivity index (χ0v) is 20.6. The van der Waals surface area contributed by atoms with Gasteiger partial charge >= 0.3 is 6.18 Å². The second-order valence-electron chi connectivity index (χ2n) is 10.3. The molecule has 6 rings (SSSR count). The van der Waals surface area contributed by atoms with E-state index >= 15 is 0 Å². The zero-order chi connectivity index (χ0) is 24.8. The molecule has 0 unspecified atom stereocenters. The van der Waals surface area contributed by atoms with Crippen molar-refractivity contribution in [2.24, 2.45) is 7.05 Å². The molecule has 2 aliphatic rings. The fourth-order valence-corrected chi connectivity index (χ4v) is 6.24. The molecule has 4 aromatic rings. The fraction of sp³-hybridized carbons (Fsp3) is 0.258. The molecule has 0 atom stereocenters. The largest absolute Gasteiger partial charge is 0.417 e. The van der Waals surface area contributed by atoms with Gasteiger partial charge in [-0.3, -0.25) is 0 Å². The summed E-state index contributed by atoms with van der Waals surface area (Å²) in [5.41, 5.74) is 11.9. The van der Waals surface area contributed by atoms with E-state index in [1.54, 1.807) is 0 Å². The average Bonchev–Trinajstić information content (AvgIpc) is 3.30. The molecule has 0 spiro atoms. The number of hydrogen-bond donors (Lipinski definition) is 0. The van der Waals surface area contributed by atoms with Gasteiger partial charge in [-0.25, -0.2) is 4.57 Å². The monoisotopic (exact) mass is 470 g/mol. The van der Waals surface area contributed by atoms with Crippen LogP contribution in [0.2, 0.25) is 0 Å². The molecule has 0 saturated carbocycles. The lowest BCUT2D eigenvalue weighted by Crippen LogP contribution is -2.32. The van der Waals surface area contributed by atoms with Crippen molar-refractivity contribution in [3.05, 3.63) is 98.7 Å². The molecule has 35 heavy (non-hydrogen) atoms. The van der Waals surface area contributed by atoms with Crippen LogP contribution in [0.5, 0.6) is 0 Å². The molecule has 1 nitrogen and oxygen atoms in total. The number of fused-ring (bicyclic) bond motifs is 6. The topological polar surface area (TPSA) is 3.88 Å². The molecule has 4 heteroatoms. The van der Waals surface area contributed by atoms with Crippen LogP contribution in [-0.4, -0.2) is 0 Å². The first kappa shape index (κ1) is 22.1. The molecule has 176 valence electrons. The first-order chi connectivity index (χ1) is 16.5. The van der Waals surface area contributed by atoms with Gasteiger partial charge in [0.05, 0.1) is 5.56 Å². The van der Waals surface area contributed by atoms with E-state index < -0.39 is 11.7 Å². The molecule has 0 bridgehead atoms. The highest BCUT2D eigenvalue weighted by Crippen LogP contribution is 2.54. The quantitative estimate of drug-likeness (QED) is 0.218. The SMILES string of the molecule is Cc1ccc2c(c1)Cc1cc3c(c(C(F)(F)F)c1-2)-c1cc[n+](C)c(-c2cc(C)cc(C)c2C)c1C3. The van der Waals surface area contributed by atoms with E-state index in [9.17, 15) is 13.2 Å². The Hall–Kier alpha value is -3.40. The Morgan fingerprint density at radius 3 is 2.17 bits per heavy atom. The standard InChI is InChI=1S/C31H27F3N/c1-16-6-7-23-20(11-16)13-21-14-22-15-26-24(28(22)29(27(21)23)31(32,33)34)8-9-35(5)30(26)25-12-17(2)10-18(3)19(25)4/h6-12,14H,13,15H2,1-5H3/q+1. The Morgan fingerprint density at radius 2 is 1.43 bits per heavy atom. The molecule has 0 N–H and O–H groups in total.